The van der Waals surface area contributed by atoms with Crippen molar-refractivity contribution in [3.05, 3.63) is 34.2 Å². The van der Waals surface area contributed by atoms with E-state index in [2.05, 4.69) is 4.42 Å². The molecule has 0 amide bonds. The zero-order valence-corrected chi connectivity index (χ0v) is 5.85. The molecule has 2 aromatic heterocycles. The smallest absolute Gasteiger partial charge is 0.336 e. The van der Waals surface area contributed by atoms with Gasteiger partial charge >= 0.3 is 5.63 Å². The standard InChI is InChI=1S/C7H4O2S/c8-7-3-5-1-2-10-6(5)4-9-7/h1-4H. The summed E-state index contributed by atoms with van der Waals surface area (Å²) < 4.78 is 5.67. The van der Waals surface area contributed by atoms with E-state index in [0.29, 0.717) is 0 Å². The Bertz CT molecular complexity index is 399. The number of hydrogen-bond acceptors (Lipinski definition) is 3. The van der Waals surface area contributed by atoms with Crippen LogP contribution in [-0.2, 0) is 0 Å². The monoisotopic (exact) mass is 152 g/mol. The summed E-state index contributed by atoms with van der Waals surface area (Å²) in [7, 11) is 0. The summed E-state index contributed by atoms with van der Waals surface area (Å²) in [6.07, 6.45) is 1.49. The summed E-state index contributed by atoms with van der Waals surface area (Å²) in [4.78, 5) is 10.6. The summed E-state index contributed by atoms with van der Waals surface area (Å²) in [6, 6.07) is 3.39. The SMILES string of the molecule is O=c1cc2ccsc2co1. The highest BCUT2D eigenvalue weighted by molar-refractivity contribution is 7.17. The number of fused-ring (bicyclic) bond motifs is 1. The fraction of sp³-hybridized carbons (Fsp3) is 0. The van der Waals surface area contributed by atoms with Crippen LogP contribution in [0.1, 0.15) is 0 Å². The average molecular weight is 152 g/mol. The molecule has 0 N–H and O–H groups in total. The summed E-state index contributed by atoms with van der Waals surface area (Å²) >= 11 is 1.56. The number of thiophene rings is 1. The molecule has 0 aliphatic carbocycles. The second-order valence-corrected chi connectivity index (χ2v) is 2.89. The molecule has 2 heterocycles. The van der Waals surface area contributed by atoms with E-state index in [9.17, 15) is 4.79 Å². The van der Waals surface area contributed by atoms with Crippen LogP contribution in [0.15, 0.2) is 33.0 Å². The molecule has 2 rings (SSSR count). The van der Waals surface area contributed by atoms with Gasteiger partial charge in [-0.1, -0.05) is 0 Å². The maximum atomic E-state index is 10.6. The Morgan fingerprint density at radius 1 is 1.50 bits per heavy atom. The molecule has 3 heteroatoms. The van der Waals surface area contributed by atoms with E-state index in [0.717, 1.165) is 10.1 Å². The first-order valence-electron chi connectivity index (χ1n) is 2.82. The minimum Gasteiger partial charge on any atom is -0.430 e. The van der Waals surface area contributed by atoms with Gasteiger partial charge in [-0.25, -0.2) is 4.79 Å². The molecule has 10 heavy (non-hydrogen) atoms. The van der Waals surface area contributed by atoms with Crippen LogP contribution in [0.4, 0.5) is 0 Å². The van der Waals surface area contributed by atoms with Gasteiger partial charge in [0.05, 0.1) is 4.70 Å². The lowest BCUT2D eigenvalue weighted by atomic mass is 10.3. The average Bonchev–Trinajstić information content (AvgIpc) is 2.33. The van der Waals surface area contributed by atoms with Crippen LogP contribution < -0.4 is 5.63 Å². The fourth-order valence-corrected chi connectivity index (χ4v) is 1.55. The zero-order valence-electron chi connectivity index (χ0n) is 5.03. The van der Waals surface area contributed by atoms with Gasteiger partial charge in [0.15, 0.2) is 0 Å². The van der Waals surface area contributed by atoms with E-state index < -0.39 is 0 Å². The van der Waals surface area contributed by atoms with Crippen molar-refractivity contribution in [3.63, 3.8) is 0 Å². The summed E-state index contributed by atoms with van der Waals surface area (Å²) in [5, 5.41) is 2.89. The van der Waals surface area contributed by atoms with E-state index >= 15 is 0 Å². The number of hydrogen-bond donors (Lipinski definition) is 0. The Morgan fingerprint density at radius 2 is 2.40 bits per heavy atom. The van der Waals surface area contributed by atoms with Crippen molar-refractivity contribution in [2.24, 2.45) is 0 Å². The lowest BCUT2D eigenvalue weighted by Crippen LogP contribution is -1.91. The lowest BCUT2D eigenvalue weighted by molar-refractivity contribution is 0.518. The van der Waals surface area contributed by atoms with E-state index in [1.54, 1.807) is 11.3 Å². The second kappa shape index (κ2) is 1.95. The quantitative estimate of drug-likeness (QED) is 0.576. The van der Waals surface area contributed by atoms with Crippen molar-refractivity contribution in [1.29, 1.82) is 0 Å². The minimum atomic E-state index is -0.286. The molecule has 0 saturated heterocycles. The molecule has 50 valence electrons. The highest BCUT2D eigenvalue weighted by Gasteiger charge is 1.94. The van der Waals surface area contributed by atoms with Crippen LogP contribution in [0.3, 0.4) is 0 Å². The van der Waals surface area contributed by atoms with Gasteiger partial charge in [0.2, 0.25) is 0 Å². The molecule has 0 aromatic carbocycles. The van der Waals surface area contributed by atoms with Crippen molar-refractivity contribution in [2.75, 3.05) is 0 Å². The van der Waals surface area contributed by atoms with Crippen molar-refractivity contribution >= 4 is 21.4 Å². The Hall–Kier alpha value is -1.09. The normalized spacial score (nSPS) is 10.4. The Morgan fingerprint density at radius 3 is 3.30 bits per heavy atom. The van der Waals surface area contributed by atoms with Crippen LogP contribution in [-0.4, -0.2) is 0 Å². The van der Waals surface area contributed by atoms with Gasteiger partial charge in [0.1, 0.15) is 6.26 Å². The van der Waals surface area contributed by atoms with Gasteiger partial charge in [0, 0.05) is 11.5 Å². The molecular formula is C7H4O2S. The highest BCUT2D eigenvalue weighted by atomic mass is 32.1. The predicted molar refractivity (Wildman–Crippen MR) is 40.4 cm³/mol. The molecule has 0 atom stereocenters. The highest BCUT2D eigenvalue weighted by Crippen LogP contribution is 2.17. The van der Waals surface area contributed by atoms with Crippen molar-refractivity contribution < 1.29 is 4.42 Å². The Kier molecular flexibility index (Phi) is 1.11. The van der Waals surface area contributed by atoms with Crippen molar-refractivity contribution in [3.8, 4) is 0 Å². The summed E-state index contributed by atoms with van der Waals surface area (Å²) in [5.74, 6) is 0. The second-order valence-electron chi connectivity index (χ2n) is 1.94. The maximum Gasteiger partial charge on any atom is 0.336 e. The first-order valence-corrected chi connectivity index (χ1v) is 3.70. The lowest BCUT2D eigenvalue weighted by Gasteiger charge is -1.82. The van der Waals surface area contributed by atoms with Crippen LogP contribution in [0.5, 0.6) is 0 Å². The first kappa shape index (κ1) is 5.68. The maximum absolute atomic E-state index is 10.6. The van der Waals surface area contributed by atoms with Gasteiger partial charge in [-0.2, -0.15) is 0 Å². The van der Waals surface area contributed by atoms with Crippen LogP contribution >= 0.6 is 11.3 Å². The molecule has 0 bridgehead atoms. The molecule has 0 saturated carbocycles. The molecule has 0 fully saturated rings. The zero-order chi connectivity index (χ0) is 6.97. The third kappa shape index (κ3) is 0.752. The van der Waals surface area contributed by atoms with Crippen LogP contribution in [0.25, 0.3) is 10.1 Å². The summed E-state index contributed by atoms with van der Waals surface area (Å²) in [6.45, 7) is 0. The predicted octanol–water partition coefficient (Wildman–Crippen LogP) is 1.85. The van der Waals surface area contributed by atoms with Gasteiger partial charge in [-0.05, 0) is 11.4 Å². The van der Waals surface area contributed by atoms with Gasteiger partial charge in [-0.3, -0.25) is 0 Å². The molecular weight excluding hydrogens is 148 g/mol. The molecule has 0 radical (unpaired) electrons. The van der Waals surface area contributed by atoms with Gasteiger partial charge in [0.25, 0.3) is 0 Å². The van der Waals surface area contributed by atoms with Gasteiger partial charge in [-0.15, -0.1) is 11.3 Å². The first-order chi connectivity index (χ1) is 4.86. The van der Waals surface area contributed by atoms with E-state index in [1.807, 2.05) is 11.4 Å². The van der Waals surface area contributed by atoms with Crippen molar-refractivity contribution in [1.82, 2.24) is 0 Å². The van der Waals surface area contributed by atoms with E-state index in [4.69, 9.17) is 0 Å². The van der Waals surface area contributed by atoms with E-state index in [-0.39, 0.29) is 5.63 Å². The third-order valence-corrected chi connectivity index (χ3v) is 2.14. The van der Waals surface area contributed by atoms with Gasteiger partial charge < -0.3 is 4.42 Å². The third-order valence-electron chi connectivity index (χ3n) is 1.28. The molecule has 0 spiro atoms. The number of rotatable bonds is 0. The largest absolute Gasteiger partial charge is 0.430 e. The summed E-state index contributed by atoms with van der Waals surface area (Å²) in [5.41, 5.74) is -0.286. The Labute approximate surface area is 60.7 Å². The van der Waals surface area contributed by atoms with E-state index in [1.165, 1.54) is 12.3 Å². The fourth-order valence-electron chi connectivity index (χ4n) is 0.818. The van der Waals surface area contributed by atoms with Crippen LogP contribution in [0.2, 0.25) is 0 Å². The molecule has 0 aliphatic rings. The molecule has 2 aromatic rings. The minimum absolute atomic E-state index is 0.286. The van der Waals surface area contributed by atoms with Crippen molar-refractivity contribution in [2.45, 2.75) is 0 Å². The molecule has 0 aliphatic heterocycles. The van der Waals surface area contributed by atoms with Crippen LogP contribution in [0, 0.1) is 0 Å². The topological polar surface area (TPSA) is 30.2 Å². The molecule has 0 unspecified atom stereocenters. The molecule has 2 nitrogen and oxygen atoms in total. The Balaban J connectivity index is 2.99.